The second-order valence-corrected chi connectivity index (χ2v) is 5.73. The van der Waals surface area contributed by atoms with E-state index in [1.807, 2.05) is 12.1 Å². The lowest BCUT2D eigenvalue weighted by Gasteiger charge is -2.32. The Morgan fingerprint density at radius 3 is 2.58 bits per heavy atom. The summed E-state index contributed by atoms with van der Waals surface area (Å²) in [5.41, 5.74) is 1.29. The minimum Gasteiger partial charge on any atom is -0.508 e. The van der Waals surface area contributed by atoms with Gasteiger partial charge in [0.05, 0.1) is 0 Å². The topological polar surface area (TPSA) is 26.7 Å². The van der Waals surface area contributed by atoms with E-state index in [9.17, 15) is 5.11 Å². The van der Waals surface area contributed by atoms with Crippen LogP contribution < -0.4 is 0 Å². The molecule has 0 saturated carbocycles. The van der Waals surface area contributed by atoms with Crippen molar-refractivity contribution < 1.29 is 5.11 Å². The van der Waals surface area contributed by atoms with Gasteiger partial charge < -0.3 is 10.0 Å². The van der Waals surface area contributed by atoms with Crippen molar-refractivity contribution in [2.45, 2.75) is 38.3 Å². The van der Waals surface area contributed by atoms with Crippen LogP contribution in [0.25, 0.3) is 0 Å². The third-order valence-electron chi connectivity index (χ3n) is 4.37. The van der Waals surface area contributed by atoms with Crippen molar-refractivity contribution in [2.24, 2.45) is 0 Å². The fraction of sp³-hybridized carbons (Fsp3) is 0.625. The molecule has 1 aliphatic rings. The average Bonchev–Trinajstić information content (AvgIpc) is 2.78. The predicted octanol–water partition coefficient (Wildman–Crippen LogP) is 2.87. The molecule has 3 heteroatoms. The van der Waals surface area contributed by atoms with E-state index in [-0.39, 0.29) is 0 Å². The van der Waals surface area contributed by atoms with Gasteiger partial charge in [0.25, 0.3) is 0 Å². The molecule has 1 saturated heterocycles. The number of phenols is 1. The van der Waals surface area contributed by atoms with Gasteiger partial charge in [0.15, 0.2) is 0 Å². The molecule has 106 valence electrons. The molecule has 2 rings (SSSR count). The zero-order chi connectivity index (χ0) is 13.8. The molecular weight excluding hydrogens is 236 g/mol. The Bertz CT molecular complexity index is 390. The fourth-order valence-corrected chi connectivity index (χ4v) is 3.17. The Hall–Kier alpha value is -1.06. The molecule has 1 aromatic carbocycles. The van der Waals surface area contributed by atoms with E-state index < -0.39 is 0 Å². The molecule has 0 spiro atoms. The van der Waals surface area contributed by atoms with Crippen molar-refractivity contribution in [3.8, 4) is 5.75 Å². The highest BCUT2D eigenvalue weighted by molar-refractivity contribution is 5.28. The van der Waals surface area contributed by atoms with Crippen molar-refractivity contribution in [1.82, 2.24) is 9.80 Å². The Labute approximate surface area is 116 Å². The molecule has 3 nitrogen and oxygen atoms in total. The lowest BCUT2D eigenvalue weighted by Crippen LogP contribution is -2.38. The van der Waals surface area contributed by atoms with E-state index in [1.165, 1.54) is 24.9 Å². The number of hydrogen-bond acceptors (Lipinski definition) is 3. The first-order chi connectivity index (χ1) is 9.11. The zero-order valence-electron chi connectivity index (χ0n) is 12.3. The number of hydrogen-bond donors (Lipinski definition) is 1. The highest BCUT2D eigenvalue weighted by Gasteiger charge is 2.25. The zero-order valence-corrected chi connectivity index (χ0v) is 12.3. The first-order valence-electron chi connectivity index (χ1n) is 7.31. The maximum Gasteiger partial charge on any atom is 0.115 e. The van der Waals surface area contributed by atoms with Crippen molar-refractivity contribution in [1.29, 1.82) is 0 Å². The first-order valence-corrected chi connectivity index (χ1v) is 7.31. The van der Waals surface area contributed by atoms with Gasteiger partial charge in [-0.25, -0.2) is 0 Å². The highest BCUT2D eigenvalue weighted by Crippen LogP contribution is 2.26. The normalized spacial score (nSPS) is 22.0. The molecule has 2 unspecified atom stereocenters. The van der Waals surface area contributed by atoms with Crippen LogP contribution in [0.4, 0.5) is 0 Å². The quantitative estimate of drug-likeness (QED) is 0.884. The number of likely N-dealkylation sites (N-methyl/N-ethyl adjacent to an activating group) is 2. The lowest BCUT2D eigenvalue weighted by molar-refractivity contribution is 0.173. The van der Waals surface area contributed by atoms with Crippen LogP contribution in [0.1, 0.15) is 37.8 Å². The lowest BCUT2D eigenvalue weighted by atomic mass is 10.0. The summed E-state index contributed by atoms with van der Waals surface area (Å²) in [6, 6.07) is 8.78. The van der Waals surface area contributed by atoms with Gasteiger partial charge in [-0.15, -0.1) is 0 Å². The van der Waals surface area contributed by atoms with Gasteiger partial charge in [-0.3, -0.25) is 4.90 Å². The van der Waals surface area contributed by atoms with Crippen LogP contribution >= 0.6 is 0 Å². The number of rotatable bonds is 5. The molecule has 19 heavy (non-hydrogen) atoms. The molecule has 1 heterocycles. The number of phenolic OH excluding ortho intramolecular Hbond substituents is 1. The summed E-state index contributed by atoms with van der Waals surface area (Å²) in [6.07, 6.45) is 3.73. The molecule has 0 aromatic heterocycles. The molecule has 1 aromatic rings. The van der Waals surface area contributed by atoms with E-state index in [4.69, 9.17) is 0 Å². The third kappa shape index (κ3) is 3.48. The monoisotopic (exact) mass is 262 g/mol. The summed E-state index contributed by atoms with van der Waals surface area (Å²) in [5, 5.41) is 9.39. The van der Waals surface area contributed by atoms with Crippen LogP contribution in [-0.2, 0) is 0 Å². The molecule has 1 fully saturated rings. The van der Waals surface area contributed by atoms with Crippen LogP contribution in [0.15, 0.2) is 24.3 Å². The number of aromatic hydroxyl groups is 1. The largest absolute Gasteiger partial charge is 0.508 e. The summed E-state index contributed by atoms with van der Waals surface area (Å²) < 4.78 is 0. The second-order valence-electron chi connectivity index (χ2n) is 5.73. The number of benzene rings is 1. The summed E-state index contributed by atoms with van der Waals surface area (Å²) >= 11 is 0. The van der Waals surface area contributed by atoms with E-state index >= 15 is 0 Å². The van der Waals surface area contributed by atoms with Crippen molar-refractivity contribution in [3.63, 3.8) is 0 Å². The Morgan fingerprint density at radius 1 is 1.37 bits per heavy atom. The SMILES string of the molecule is CCC(c1ccc(O)cc1)N(C)CC1CCCN1C. The van der Waals surface area contributed by atoms with Gasteiger partial charge in [0.2, 0.25) is 0 Å². The predicted molar refractivity (Wildman–Crippen MR) is 79.4 cm³/mol. The number of nitrogens with zero attached hydrogens (tertiary/aromatic N) is 2. The number of likely N-dealkylation sites (tertiary alicyclic amines) is 1. The van der Waals surface area contributed by atoms with Crippen LogP contribution in [0.5, 0.6) is 5.75 Å². The summed E-state index contributed by atoms with van der Waals surface area (Å²) in [7, 11) is 4.44. The van der Waals surface area contributed by atoms with Crippen LogP contribution in [0.3, 0.4) is 0 Å². The highest BCUT2D eigenvalue weighted by atomic mass is 16.3. The minimum atomic E-state index is 0.344. The van der Waals surface area contributed by atoms with E-state index in [2.05, 4.69) is 30.8 Å². The maximum atomic E-state index is 9.39. The molecule has 0 bridgehead atoms. The van der Waals surface area contributed by atoms with Crippen molar-refractivity contribution >= 4 is 0 Å². The van der Waals surface area contributed by atoms with Crippen molar-refractivity contribution in [2.75, 3.05) is 27.2 Å². The first kappa shape index (κ1) is 14.4. The Balaban J connectivity index is 2.02. The molecule has 0 aliphatic carbocycles. The third-order valence-corrected chi connectivity index (χ3v) is 4.37. The average molecular weight is 262 g/mol. The standard InChI is InChI=1S/C16H26N2O/c1-4-16(13-7-9-15(19)10-8-13)18(3)12-14-6-5-11-17(14)2/h7-10,14,16,19H,4-6,11-12H2,1-3H3. The molecule has 0 radical (unpaired) electrons. The molecule has 1 aliphatic heterocycles. The van der Waals surface area contributed by atoms with Gasteiger partial charge in [0.1, 0.15) is 5.75 Å². The van der Waals surface area contributed by atoms with Crippen LogP contribution in [0, 0.1) is 0 Å². The smallest absolute Gasteiger partial charge is 0.115 e. The van der Waals surface area contributed by atoms with Gasteiger partial charge >= 0.3 is 0 Å². The Morgan fingerprint density at radius 2 is 2.05 bits per heavy atom. The van der Waals surface area contributed by atoms with Gasteiger partial charge in [0, 0.05) is 18.6 Å². The summed E-state index contributed by atoms with van der Waals surface area (Å²) in [4.78, 5) is 4.93. The molecule has 0 amide bonds. The molecular formula is C16H26N2O. The van der Waals surface area contributed by atoms with E-state index in [0.717, 1.165) is 13.0 Å². The van der Waals surface area contributed by atoms with Crippen molar-refractivity contribution in [3.05, 3.63) is 29.8 Å². The minimum absolute atomic E-state index is 0.344. The van der Waals surface area contributed by atoms with Gasteiger partial charge in [-0.05, 0) is 57.6 Å². The molecule has 2 atom stereocenters. The maximum absolute atomic E-state index is 9.39. The Kier molecular flexibility index (Phi) is 4.83. The van der Waals surface area contributed by atoms with E-state index in [1.54, 1.807) is 12.1 Å². The van der Waals surface area contributed by atoms with Gasteiger partial charge in [-0.1, -0.05) is 19.1 Å². The molecule has 1 N–H and O–H groups in total. The van der Waals surface area contributed by atoms with Crippen LogP contribution in [-0.4, -0.2) is 48.1 Å². The summed E-state index contributed by atoms with van der Waals surface area (Å²) in [5.74, 6) is 0.344. The van der Waals surface area contributed by atoms with Crippen LogP contribution in [0.2, 0.25) is 0 Å². The van der Waals surface area contributed by atoms with Gasteiger partial charge in [-0.2, -0.15) is 0 Å². The fourth-order valence-electron chi connectivity index (χ4n) is 3.17. The second kappa shape index (κ2) is 6.40. The summed E-state index contributed by atoms with van der Waals surface area (Å²) in [6.45, 7) is 4.58. The van der Waals surface area contributed by atoms with E-state index in [0.29, 0.717) is 17.8 Å².